The number of aryl methyl sites for hydroxylation is 1. The maximum Gasteiger partial charge on any atom is 0.194 e. The maximum atomic E-state index is 12.7. The SMILES string of the molecule is CCCc1ccc(C(=O)C(CC)(CC)OCC)cc1. The van der Waals surface area contributed by atoms with Crippen molar-refractivity contribution in [1.29, 1.82) is 0 Å². The normalized spacial score (nSPS) is 11.6. The number of hydrogen-bond donors (Lipinski definition) is 0. The van der Waals surface area contributed by atoms with E-state index in [1.54, 1.807) is 0 Å². The third-order valence-electron chi connectivity index (χ3n) is 3.73. The molecule has 0 saturated heterocycles. The van der Waals surface area contributed by atoms with Gasteiger partial charge in [0.2, 0.25) is 0 Å². The Labute approximate surface area is 117 Å². The first-order valence-corrected chi connectivity index (χ1v) is 7.41. The molecular formula is C17H26O2. The van der Waals surface area contributed by atoms with Crippen LogP contribution in [0, 0.1) is 0 Å². The Morgan fingerprint density at radius 1 is 1.05 bits per heavy atom. The summed E-state index contributed by atoms with van der Waals surface area (Å²) in [4.78, 5) is 12.7. The molecule has 1 aromatic carbocycles. The molecule has 0 heterocycles. The minimum atomic E-state index is -0.652. The van der Waals surface area contributed by atoms with Crippen LogP contribution < -0.4 is 0 Å². The highest BCUT2D eigenvalue weighted by molar-refractivity contribution is 6.02. The number of Topliss-reactive ketones (excluding diaryl/α,β-unsaturated/α-hetero) is 1. The molecular weight excluding hydrogens is 236 g/mol. The lowest BCUT2D eigenvalue weighted by Crippen LogP contribution is -2.40. The number of hydrogen-bond acceptors (Lipinski definition) is 2. The van der Waals surface area contributed by atoms with Gasteiger partial charge in [0.05, 0.1) is 0 Å². The number of ketones is 1. The molecule has 0 bridgehead atoms. The molecule has 0 saturated carbocycles. The van der Waals surface area contributed by atoms with Crippen molar-refractivity contribution >= 4 is 5.78 Å². The Balaban J connectivity index is 2.96. The van der Waals surface area contributed by atoms with Crippen molar-refractivity contribution in [3.8, 4) is 0 Å². The first kappa shape index (κ1) is 15.9. The quantitative estimate of drug-likeness (QED) is 0.648. The van der Waals surface area contributed by atoms with E-state index in [1.165, 1.54) is 5.56 Å². The standard InChI is InChI=1S/C17H26O2/c1-5-9-14-10-12-15(13-11-14)16(18)17(6-2,7-3)19-8-4/h10-13H,5-9H2,1-4H3. The zero-order valence-electron chi connectivity index (χ0n) is 12.7. The Hall–Kier alpha value is -1.15. The third kappa shape index (κ3) is 3.66. The van der Waals surface area contributed by atoms with Gasteiger partial charge in [-0.3, -0.25) is 4.79 Å². The van der Waals surface area contributed by atoms with Crippen LogP contribution in [-0.2, 0) is 11.2 Å². The van der Waals surface area contributed by atoms with E-state index in [-0.39, 0.29) is 5.78 Å². The Bertz CT molecular complexity index is 388. The van der Waals surface area contributed by atoms with E-state index in [1.807, 2.05) is 32.9 Å². The van der Waals surface area contributed by atoms with Crippen LogP contribution in [0.25, 0.3) is 0 Å². The molecule has 0 spiro atoms. The van der Waals surface area contributed by atoms with Crippen molar-refractivity contribution < 1.29 is 9.53 Å². The van der Waals surface area contributed by atoms with E-state index in [4.69, 9.17) is 4.74 Å². The van der Waals surface area contributed by atoms with Crippen molar-refractivity contribution in [3.05, 3.63) is 35.4 Å². The molecule has 0 amide bonds. The molecule has 0 aliphatic carbocycles. The summed E-state index contributed by atoms with van der Waals surface area (Å²) in [6.45, 7) is 8.71. The Kier molecular flexibility index (Phi) is 6.23. The molecule has 0 aliphatic heterocycles. The molecule has 0 aliphatic rings. The number of carbonyl (C=O) groups is 1. The average Bonchev–Trinajstić information content (AvgIpc) is 2.45. The van der Waals surface area contributed by atoms with Crippen LogP contribution in [-0.4, -0.2) is 18.0 Å². The number of carbonyl (C=O) groups excluding carboxylic acids is 1. The van der Waals surface area contributed by atoms with Gasteiger partial charge in [-0.05, 0) is 31.7 Å². The summed E-state index contributed by atoms with van der Waals surface area (Å²) in [5.41, 5.74) is 1.40. The van der Waals surface area contributed by atoms with Crippen LogP contribution in [0.5, 0.6) is 0 Å². The second-order valence-electron chi connectivity index (χ2n) is 4.91. The molecule has 106 valence electrons. The summed E-state index contributed by atoms with van der Waals surface area (Å²) < 4.78 is 5.77. The monoisotopic (exact) mass is 262 g/mol. The first-order chi connectivity index (χ1) is 9.13. The van der Waals surface area contributed by atoms with Crippen LogP contribution in [0.2, 0.25) is 0 Å². The van der Waals surface area contributed by atoms with Crippen LogP contribution >= 0.6 is 0 Å². The average molecular weight is 262 g/mol. The van der Waals surface area contributed by atoms with E-state index in [0.717, 1.165) is 18.4 Å². The first-order valence-electron chi connectivity index (χ1n) is 7.41. The fraction of sp³-hybridized carbons (Fsp3) is 0.588. The maximum absolute atomic E-state index is 12.7. The third-order valence-corrected chi connectivity index (χ3v) is 3.73. The highest BCUT2D eigenvalue weighted by atomic mass is 16.5. The Morgan fingerprint density at radius 3 is 2.05 bits per heavy atom. The molecule has 2 heteroatoms. The van der Waals surface area contributed by atoms with Gasteiger partial charge >= 0.3 is 0 Å². The second-order valence-corrected chi connectivity index (χ2v) is 4.91. The minimum absolute atomic E-state index is 0.113. The minimum Gasteiger partial charge on any atom is -0.367 e. The van der Waals surface area contributed by atoms with Crippen molar-refractivity contribution in [3.63, 3.8) is 0 Å². The number of benzene rings is 1. The lowest BCUT2D eigenvalue weighted by atomic mass is 9.87. The molecule has 19 heavy (non-hydrogen) atoms. The molecule has 2 nitrogen and oxygen atoms in total. The van der Waals surface area contributed by atoms with Gasteiger partial charge in [0.1, 0.15) is 5.60 Å². The smallest absolute Gasteiger partial charge is 0.194 e. The fourth-order valence-corrected chi connectivity index (χ4v) is 2.49. The summed E-state index contributed by atoms with van der Waals surface area (Å²) in [5.74, 6) is 0.113. The van der Waals surface area contributed by atoms with E-state index in [0.29, 0.717) is 19.4 Å². The van der Waals surface area contributed by atoms with Gasteiger partial charge in [0, 0.05) is 12.2 Å². The summed E-state index contributed by atoms with van der Waals surface area (Å²) in [7, 11) is 0. The van der Waals surface area contributed by atoms with Gasteiger partial charge in [-0.1, -0.05) is 51.5 Å². The lowest BCUT2D eigenvalue weighted by Gasteiger charge is -2.30. The molecule has 0 radical (unpaired) electrons. The summed E-state index contributed by atoms with van der Waals surface area (Å²) >= 11 is 0. The van der Waals surface area contributed by atoms with Gasteiger partial charge < -0.3 is 4.74 Å². The van der Waals surface area contributed by atoms with Gasteiger partial charge in [0.25, 0.3) is 0 Å². The molecule has 0 fully saturated rings. The zero-order valence-corrected chi connectivity index (χ0v) is 12.7. The molecule has 0 aromatic heterocycles. The predicted octanol–water partition coefficient (Wildman–Crippen LogP) is 4.42. The van der Waals surface area contributed by atoms with Crippen molar-refractivity contribution in [2.75, 3.05) is 6.61 Å². The van der Waals surface area contributed by atoms with Crippen molar-refractivity contribution in [1.82, 2.24) is 0 Å². The van der Waals surface area contributed by atoms with Gasteiger partial charge in [-0.2, -0.15) is 0 Å². The molecule has 1 aromatic rings. The van der Waals surface area contributed by atoms with Crippen LogP contribution in [0.3, 0.4) is 0 Å². The van der Waals surface area contributed by atoms with Crippen LogP contribution in [0.4, 0.5) is 0 Å². The number of rotatable bonds is 8. The second kappa shape index (κ2) is 7.44. The van der Waals surface area contributed by atoms with E-state index >= 15 is 0 Å². The zero-order chi connectivity index (χ0) is 14.3. The van der Waals surface area contributed by atoms with Crippen LogP contribution in [0.1, 0.15) is 62.9 Å². The van der Waals surface area contributed by atoms with E-state index < -0.39 is 5.60 Å². The van der Waals surface area contributed by atoms with Crippen molar-refractivity contribution in [2.45, 2.75) is 59.0 Å². The lowest BCUT2D eigenvalue weighted by molar-refractivity contribution is -0.0250. The van der Waals surface area contributed by atoms with Crippen LogP contribution in [0.15, 0.2) is 24.3 Å². The highest BCUT2D eigenvalue weighted by Crippen LogP contribution is 2.26. The fourth-order valence-electron chi connectivity index (χ4n) is 2.49. The van der Waals surface area contributed by atoms with Gasteiger partial charge in [0.15, 0.2) is 5.78 Å². The van der Waals surface area contributed by atoms with E-state index in [9.17, 15) is 4.79 Å². The summed E-state index contributed by atoms with van der Waals surface area (Å²) in [6, 6.07) is 7.98. The van der Waals surface area contributed by atoms with E-state index in [2.05, 4.69) is 19.1 Å². The van der Waals surface area contributed by atoms with Crippen molar-refractivity contribution in [2.24, 2.45) is 0 Å². The van der Waals surface area contributed by atoms with Gasteiger partial charge in [-0.25, -0.2) is 0 Å². The molecule has 1 rings (SSSR count). The number of ether oxygens (including phenoxy) is 1. The largest absolute Gasteiger partial charge is 0.367 e. The summed E-state index contributed by atoms with van der Waals surface area (Å²) in [5, 5.41) is 0. The molecule has 0 atom stereocenters. The topological polar surface area (TPSA) is 26.3 Å². The highest BCUT2D eigenvalue weighted by Gasteiger charge is 2.35. The molecule has 0 N–H and O–H groups in total. The van der Waals surface area contributed by atoms with Gasteiger partial charge in [-0.15, -0.1) is 0 Å². The summed E-state index contributed by atoms with van der Waals surface area (Å²) in [6.07, 6.45) is 3.62. The molecule has 0 unspecified atom stereocenters. The Morgan fingerprint density at radius 2 is 1.63 bits per heavy atom. The predicted molar refractivity (Wildman–Crippen MR) is 79.7 cm³/mol.